The van der Waals surface area contributed by atoms with Crippen LogP contribution in [0.1, 0.15) is 13.8 Å². The van der Waals surface area contributed by atoms with Crippen molar-refractivity contribution in [3.8, 4) is 0 Å². The molecular formula is C12H23N5OS. The molecule has 0 radical (unpaired) electrons. The average molecular weight is 285 g/mol. The minimum atomic E-state index is 0.260. The summed E-state index contributed by atoms with van der Waals surface area (Å²) >= 11 is 1.65. The number of aromatic nitrogens is 3. The maximum atomic E-state index is 5.81. The Bertz CT molecular complexity index is 409. The van der Waals surface area contributed by atoms with E-state index in [1.807, 2.05) is 7.05 Å². The summed E-state index contributed by atoms with van der Waals surface area (Å²) in [4.78, 5) is 2.48. The Balaban J connectivity index is 1.81. The minimum Gasteiger partial charge on any atom is -0.375 e. The highest BCUT2D eigenvalue weighted by atomic mass is 32.2. The van der Waals surface area contributed by atoms with Gasteiger partial charge in [0.2, 0.25) is 5.95 Å². The van der Waals surface area contributed by atoms with Crippen molar-refractivity contribution in [3.05, 3.63) is 0 Å². The summed E-state index contributed by atoms with van der Waals surface area (Å²) in [6.45, 7) is 8.50. The molecule has 108 valence electrons. The zero-order valence-electron chi connectivity index (χ0n) is 11.9. The van der Waals surface area contributed by atoms with Crippen molar-refractivity contribution in [1.29, 1.82) is 0 Å². The molecule has 1 aromatic rings. The normalized spacial score (nSPS) is 21.2. The van der Waals surface area contributed by atoms with E-state index in [0.717, 1.165) is 37.2 Å². The van der Waals surface area contributed by atoms with Crippen molar-refractivity contribution in [2.24, 2.45) is 13.0 Å². The van der Waals surface area contributed by atoms with Crippen molar-refractivity contribution in [1.82, 2.24) is 19.7 Å². The van der Waals surface area contributed by atoms with E-state index in [0.29, 0.717) is 11.9 Å². The van der Waals surface area contributed by atoms with Crippen LogP contribution in [-0.4, -0.2) is 57.8 Å². The molecule has 2 rings (SSSR count). The lowest BCUT2D eigenvalue weighted by Gasteiger charge is -2.33. The van der Waals surface area contributed by atoms with Gasteiger partial charge in [0, 0.05) is 32.4 Å². The zero-order valence-corrected chi connectivity index (χ0v) is 12.7. The standard InChI is InChI=1S/C12H23N5OS/c1-9(2)6-17-4-5-18-10(7-17)8-19-12-15-14-11(13)16(12)3/h9-10H,4-8H2,1-3H3,(H2,13,14). The first-order valence-electron chi connectivity index (χ1n) is 6.68. The van der Waals surface area contributed by atoms with E-state index >= 15 is 0 Å². The number of ether oxygens (including phenoxy) is 1. The number of nitrogens with zero attached hydrogens (tertiary/aromatic N) is 4. The van der Waals surface area contributed by atoms with Gasteiger partial charge in [0.15, 0.2) is 5.16 Å². The molecule has 1 atom stereocenters. The molecule has 1 unspecified atom stereocenters. The minimum absolute atomic E-state index is 0.260. The molecule has 6 nitrogen and oxygen atoms in total. The highest BCUT2D eigenvalue weighted by Crippen LogP contribution is 2.20. The molecule has 0 saturated carbocycles. The van der Waals surface area contributed by atoms with Crippen LogP contribution in [0.5, 0.6) is 0 Å². The number of nitrogen functional groups attached to an aromatic ring is 1. The molecule has 0 spiro atoms. The third-order valence-electron chi connectivity index (χ3n) is 3.11. The fourth-order valence-corrected chi connectivity index (χ4v) is 3.11. The summed E-state index contributed by atoms with van der Waals surface area (Å²) in [7, 11) is 1.88. The van der Waals surface area contributed by atoms with Gasteiger partial charge in [0.05, 0.1) is 12.7 Å². The number of morpholine rings is 1. The lowest BCUT2D eigenvalue weighted by Crippen LogP contribution is -2.44. The molecule has 1 fully saturated rings. The Morgan fingerprint density at radius 1 is 1.47 bits per heavy atom. The van der Waals surface area contributed by atoms with E-state index in [4.69, 9.17) is 10.5 Å². The van der Waals surface area contributed by atoms with E-state index in [1.165, 1.54) is 0 Å². The van der Waals surface area contributed by atoms with Gasteiger partial charge < -0.3 is 10.5 Å². The van der Waals surface area contributed by atoms with Gasteiger partial charge in [0.1, 0.15) is 0 Å². The maximum absolute atomic E-state index is 5.81. The molecule has 0 aromatic carbocycles. The van der Waals surface area contributed by atoms with Gasteiger partial charge in [-0.1, -0.05) is 25.6 Å². The van der Waals surface area contributed by atoms with E-state index < -0.39 is 0 Å². The number of thioether (sulfide) groups is 1. The van der Waals surface area contributed by atoms with Crippen LogP contribution in [0.3, 0.4) is 0 Å². The van der Waals surface area contributed by atoms with Gasteiger partial charge in [0.25, 0.3) is 0 Å². The quantitative estimate of drug-likeness (QED) is 0.809. The fraction of sp³-hybridized carbons (Fsp3) is 0.833. The number of nitrogens with two attached hydrogens (primary N) is 1. The summed E-state index contributed by atoms with van der Waals surface area (Å²) in [6, 6.07) is 0. The molecule has 1 aliphatic heterocycles. The third kappa shape index (κ3) is 4.09. The van der Waals surface area contributed by atoms with Crippen LogP contribution < -0.4 is 5.73 Å². The lowest BCUT2D eigenvalue weighted by molar-refractivity contribution is -0.0191. The predicted molar refractivity (Wildman–Crippen MR) is 77.2 cm³/mol. The molecule has 1 saturated heterocycles. The molecule has 1 aromatic heterocycles. The molecule has 0 bridgehead atoms. The fourth-order valence-electron chi connectivity index (χ4n) is 2.18. The second-order valence-electron chi connectivity index (χ2n) is 5.36. The molecule has 0 aliphatic carbocycles. The summed E-state index contributed by atoms with van der Waals surface area (Å²) in [5.74, 6) is 2.04. The SMILES string of the molecule is CC(C)CN1CCOC(CSc2nnc(N)n2C)C1. The molecule has 2 heterocycles. The highest BCUT2D eigenvalue weighted by molar-refractivity contribution is 7.99. The second-order valence-corrected chi connectivity index (χ2v) is 6.34. The molecule has 19 heavy (non-hydrogen) atoms. The molecule has 7 heteroatoms. The number of rotatable bonds is 5. The van der Waals surface area contributed by atoms with Crippen LogP contribution >= 0.6 is 11.8 Å². The molecule has 0 amide bonds. The van der Waals surface area contributed by atoms with Gasteiger partial charge in [-0.3, -0.25) is 9.47 Å². The summed E-state index contributed by atoms with van der Waals surface area (Å²) in [5.41, 5.74) is 5.66. The summed E-state index contributed by atoms with van der Waals surface area (Å²) in [5, 5.41) is 8.75. The Kier molecular flexibility index (Phi) is 5.06. The topological polar surface area (TPSA) is 69.2 Å². The Labute approximate surface area is 118 Å². The maximum Gasteiger partial charge on any atom is 0.222 e. The zero-order chi connectivity index (χ0) is 13.8. The first kappa shape index (κ1) is 14.6. The van der Waals surface area contributed by atoms with Crippen molar-refractivity contribution in [2.45, 2.75) is 25.1 Å². The highest BCUT2D eigenvalue weighted by Gasteiger charge is 2.21. The lowest BCUT2D eigenvalue weighted by atomic mass is 10.2. The molecular weight excluding hydrogens is 262 g/mol. The Morgan fingerprint density at radius 3 is 2.89 bits per heavy atom. The first-order chi connectivity index (χ1) is 9.06. The monoisotopic (exact) mass is 285 g/mol. The largest absolute Gasteiger partial charge is 0.375 e. The average Bonchev–Trinajstić information content (AvgIpc) is 2.67. The van der Waals surface area contributed by atoms with Gasteiger partial charge in [-0.15, -0.1) is 10.2 Å². The van der Waals surface area contributed by atoms with Crippen molar-refractivity contribution < 1.29 is 4.74 Å². The van der Waals surface area contributed by atoms with Crippen molar-refractivity contribution in [2.75, 3.05) is 37.7 Å². The van der Waals surface area contributed by atoms with Crippen LogP contribution in [0.4, 0.5) is 5.95 Å². The van der Waals surface area contributed by atoms with Gasteiger partial charge in [-0.05, 0) is 5.92 Å². The number of hydrogen-bond acceptors (Lipinski definition) is 6. The Hall–Kier alpha value is -0.790. The summed E-state index contributed by atoms with van der Waals surface area (Å²) < 4.78 is 7.61. The molecule has 2 N–H and O–H groups in total. The van der Waals surface area contributed by atoms with Gasteiger partial charge >= 0.3 is 0 Å². The van der Waals surface area contributed by atoms with Crippen LogP contribution in [0.2, 0.25) is 0 Å². The predicted octanol–water partition coefficient (Wildman–Crippen LogP) is 0.846. The van der Waals surface area contributed by atoms with Crippen LogP contribution in [0.15, 0.2) is 5.16 Å². The second kappa shape index (κ2) is 6.58. The van der Waals surface area contributed by atoms with Crippen LogP contribution in [0, 0.1) is 5.92 Å². The van der Waals surface area contributed by atoms with Gasteiger partial charge in [-0.2, -0.15) is 0 Å². The number of hydrogen-bond donors (Lipinski definition) is 1. The van der Waals surface area contributed by atoms with Crippen LogP contribution in [-0.2, 0) is 11.8 Å². The van der Waals surface area contributed by atoms with E-state index in [-0.39, 0.29) is 6.10 Å². The summed E-state index contributed by atoms with van der Waals surface area (Å²) in [6.07, 6.45) is 0.260. The smallest absolute Gasteiger partial charge is 0.222 e. The van der Waals surface area contributed by atoms with Gasteiger partial charge in [-0.25, -0.2) is 0 Å². The first-order valence-corrected chi connectivity index (χ1v) is 7.66. The van der Waals surface area contributed by atoms with Crippen molar-refractivity contribution >= 4 is 17.7 Å². The Morgan fingerprint density at radius 2 is 2.26 bits per heavy atom. The van der Waals surface area contributed by atoms with Crippen LogP contribution in [0.25, 0.3) is 0 Å². The molecule has 1 aliphatic rings. The van der Waals surface area contributed by atoms with Crippen molar-refractivity contribution in [3.63, 3.8) is 0 Å². The van der Waals surface area contributed by atoms with E-state index in [2.05, 4.69) is 28.9 Å². The van der Waals surface area contributed by atoms with E-state index in [1.54, 1.807) is 16.3 Å². The van der Waals surface area contributed by atoms with E-state index in [9.17, 15) is 0 Å². The number of anilines is 1. The third-order valence-corrected chi connectivity index (χ3v) is 4.27.